The second-order valence-electron chi connectivity index (χ2n) is 6.34. The van der Waals surface area contributed by atoms with E-state index in [4.69, 9.17) is 5.26 Å². The maximum absolute atomic E-state index is 12.1. The molecule has 1 atom stereocenters. The molecule has 0 saturated carbocycles. The molecule has 0 spiro atoms. The lowest BCUT2D eigenvalue weighted by Gasteiger charge is -2.28. The molecular formula is C13H22N2O. The van der Waals surface area contributed by atoms with Crippen LogP contribution in [0.3, 0.4) is 0 Å². The van der Waals surface area contributed by atoms with Gasteiger partial charge in [0.25, 0.3) is 0 Å². The van der Waals surface area contributed by atoms with E-state index in [9.17, 15) is 4.79 Å². The van der Waals surface area contributed by atoms with Gasteiger partial charge >= 0.3 is 0 Å². The molecule has 1 rings (SSSR count). The first-order valence-corrected chi connectivity index (χ1v) is 5.89. The Morgan fingerprint density at radius 2 is 1.88 bits per heavy atom. The van der Waals surface area contributed by atoms with Crippen molar-refractivity contribution < 1.29 is 4.79 Å². The maximum atomic E-state index is 12.1. The molecule has 1 aliphatic rings. The molecule has 1 amide bonds. The maximum Gasteiger partial charge on any atom is 0.242 e. The third-order valence-electron chi connectivity index (χ3n) is 3.51. The molecule has 16 heavy (non-hydrogen) atoms. The monoisotopic (exact) mass is 222 g/mol. The first-order chi connectivity index (χ1) is 7.18. The topological polar surface area (TPSA) is 44.1 Å². The summed E-state index contributed by atoms with van der Waals surface area (Å²) in [4.78, 5) is 13.9. The molecule has 90 valence electrons. The lowest BCUT2D eigenvalue weighted by Crippen LogP contribution is -2.39. The van der Waals surface area contributed by atoms with Crippen LogP contribution in [0.4, 0.5) is 0 Å². The minimum absolute atomic E-state index is 0.0262. The second-order valence-corrected chi connectivity index (χ2v) is 6.34. The molecule has 0 aromatic carbocycles. The Labute approximate surface area is 98.4 Å². The van der Waals surface area contributed by atoms with Gasteiger partial charge in [0.05, 0.1) is 6.07 Å². The number of carbonyl (C=O) groups excluding carboxylic acids is 1. The molecule has 0 N–H and O–H groups in total. The standard InChI is InChI=1S/C13H22N2O/c1-12(2,3)10-6-7-15(8-10)11(16)13(4,5)9-14/h10H,6-8H2,1-5H3/t10-/m1/s1. The number of rotatable bonds is 1. The van der Waals surface area contributed by atoms with Crippen molar-refractivity contribution in [3.63, 3.8) is 0 Å². The van der Waals surface area contributed by atoms with Gasteiger partial charge in [0.15, 0.2) is 0 Å². The largest absolute Gasteiger partial charge is 0.341 e. The number of amides is 1. The van der Waals surface area contributed by atoms with Crippen molar-refractivity contribution in [3.8, 4) is 6.07 Å². The molecule has 1 fully saturated rings. The zero-order valence-corrected chi connectivity index (χ0v) is 11.0. The molecular weight excluding hydrogens is 200 g/mol. The fourth-order valence-electron chi connectivity index (χ4n) is 2.09. The molecule has 0 aromatic heterocycles. The van der Waals surface area contributed by atoms with Crippen LogP contribution in [-0.2, 0) is 4.79 Å². The summed E-state index contributed by atoms with van der Waals surface area (Å²) >= 11 is 0. The zero-order valence-electron chi connectivity index (χ0n) is 11.0. The van der Waals surface area contributed by atoms with Crippen LogP contribution in [0, 0.1) is 28.1 Å². The van der Waals surface area contributed by atoms with E-state index in [-0.39, 0.29) is 11.3 Å². The molecule has 1 aliphatic heterocycles. The first kappa shape index (κ1) is 13.0. The summed E-state index contributed by atoms with van der Waals surface area (Å²) < 4.78 is 0. The van der Waals surface area contributed by atoms with Crippen LogP contribution in [-0.4, -0.2) is 23.9 Å². The van der Waals surface area contributed by atoms with E-state index in [1.54, 1.807) is 13.8 Å². The van der Waals surface area contributed by atoms with Gasteiger partial charge in [-0.2, -0.15) is 5.26 Å². The number of nitriles is 1. The Morgan fingerprint density at radius 1 is 1.31 bits per heavy atom. The Bertz CT molecular complexity index is 320. The number of carbonyl (C=O) groups is 1. The summed E-state index contributed by atoms with van der Waals surface area (Å²) in [5, 5.41) is 8.95. The van der Waals surface area contributed by atoms with Gasteiger partial charge in [0.1, 0.15) is 5.41 Å². The van der Waals surface area contributed by atoms with Gasteiger partial charge in [0.2, 0.25) is 5.91 Å². The number of hydrogen-bond donors (Lipinski definition) is 0. The fraction of sp³-hybridized carbons (Fsp3) is 0.846. The van der Waals surface area contributed by atoms with Gasteiger partial charge in [-0.05, 0) is 31.6 Å². The Balaban J connectivity index is 2.69. The van der Waals surface area contributed by atoms with Crippen molar-refractivity contribution in [2.24, 2.45) is 16.7 Å². The van der Waals surface area contributed by atoms with Crippen molar-refractivity contribution in [1.82, 2.24) is 4.90 Å². The summed E-state index contributed by atoms with van der Waals surface area (Å²) in [6.07, 6.45) is 1.05. The molecule has 3 nitrogen and oxygen atoms in total. The van der Waals surface area contributed by atoms with Gasteiger partial charge in [-0.1, -0.05) is 20.8 Å². The summed E-state index contributed by atoms with van der Waals surface area (Å²) in [5.74, 6) is 0.521. The van der Waals surface area contributed by atoms with E-state index in [1.165, 1.54) is 0 Å². The zero-order chi connectivity index (χ0) is 12.6. The van der Waals surface area contributed by atoms with Gasteiger partial charge < -0.3 is 4.90 Å². The van der Waals surface area contributed by atoms with Crippen LogP contribution in [0.2, 0.25) is 0 Å². The van der Waals surface area contributed by atoms with Crippen molar-refractivity contribution in [1.29, 1.82) is 5.26 Å². The van der Waals surface area contributed by atoms with E-state index in [1.807, 2.05) is 4.90 Å². The quantitative estimate of drug-likeness (QED) is 0.684. The number of nitrogens with zero attached hydrogens (tertiary/aromatic N) is 2. The summed E-state index contributed by atoms with van der Waals surface area (Å²) in [7, 11) is 0. The second kappa shape index (κ2) is 4.08. The summed E-state index contributed by atoms with van der Waals surface area (Å²) in [5.41, 5.74) is -0.640. The van der Waals surface area contributed by atoms with Gasteiger partial charge in [0, 0.05) is 13.1 Å². The molecule has 0 aliphatic carbocycles. The predicted molar refractivity (Wildman–Crippen MR) is 63.5 cm³/mol. The van der Waals surface area contributed by atoms with Gasteiger partial charge in [-0.15, -0.1) is 0 Å². The van der Waals surface area contributed by atoms with Crippen molar-refractivity contribution in [2.45, 2.75) is 41.0 Å². The van der Waals surface area contributed by atoms with Crippen LogP contribution < -0.4 is 0 Å². The van der Waals surface area contributed by atoms with Crippen LogP contribution in [0.5, 0.6) is 0 Å². The minimum atomic E-state index is -0.882. The Kier molecular flexibility index (Phi) is 3.33. The molecule has 3 heteroatoms. The van der Waals surface area contributed by atoms with Crippen molar-refractivity contribution >= 4 is 5.91 Å². The SMILES string of the molecule is CC(C)(C#N)C(=O)N1CC[C@@H](C(C)(C)C)C1. The number of likely N-dealkylation sites (tertiary alicyclic amines) is 1. The number of hydrogen-bond acceptors (Lipinski definition) is 2. The first-order valence-electron chi connectivity index (χ1n) is 5.89. The third-order valence-corrected chi connectivity index (χ3v) is 3.51. The smallest absolute Gasteiger partial charge is 0.242 e. The van der Waals surface area contributed by atoms with Crippen LogP contribution in [0.15, 0.2) is 0 Å². The predicted octanol–water partition coefficient (Wildman–Crippen LogP) is 2.43. The highest BCUT2D eigenvalue weighted by molar-refractivity contribution is 5.84. The molecule has 0 aromatic rings. The highest BCUT2D eigenvalue weighted by Crippen LogP contribution is 2.35. The van der Waals surface area contributed by atoms with E-state index in [2.05, 4.69) is 26.8 Å². The molecule has 0 unspecified atom stereocenters. The lowest BCUT2D eigenvalue weighted by molar-refractivity contribution is -0.136. The van der Waals surface area contributed by atoms with Gasteiger partial charge in [-0.25, -0.2) is 0 Å². The molecule has 0 bridgehead atoms. The third kappa shape index (κ3) is 2.55. The normalized spacial score (nSPS) is 22.0. The van der Waals surface area contributed by atoms with Crippen LogP contribution in [0.1, 0.15) is 41.0 Å². The minimum Gasteiger partial charge on any atom is -0.341 e. The van der Waals surface area contributed by atoms with Gasteiger partial charge in [-0.3, -0.25) is 4.79 Å². The average Bonchev–Trinajstić information content (AvgIpc) is 2.64. The van der Waals surface area contributed by atoms with E-state index in [0.29, 0.717) is 5.92 Å². The van der Waals surface area contributed by atoms with E-state index < -0.39 is 5.41 Å². The van der Waals surface area contributed by atoms with E-state index >= 15 is 0 Å². The van der Waals surface area contributed by atoms with Crippen LogP contribution >= 0.6 is 0 Å². The molecule has 1 saturated heterocycles. The Morgan fingerprint density at radius 3 is 2.25 bits per heavy atom. The average molecular weight is 222 g/mol. The summed E-state index contributed by atoms with van der Waals surface area (Å²) in [6.45, 7) is 11.6. The van der Waals surface area contributed by atoms with Crippen LogP contribution in [0.25, 0.3) is 0 Å². The Hall–Kier alpha value is -1.04. The highest BCUT2D eigenvalue weighted by Gasteiger charge is 2.39. The molecule has 0 radical (unpaired) electrons. The van der Waals surface area contributed by atoms with Crippen molar-refractivity contribution in [3.05, 3.63) is 0 Å². The molecule has 1 heterocycles. The lowest BCUT2D eigenvalue weighted by atomic mass is 9.80. The van der Waals surface area contributed by atoms with Crippen molar-refractivity contribution in [2.75, 3.05) is 13.1 Å². The van der Waals surface area contributed by atoms with E-state index in [0.717, 1.165) is 19.5 Å². The fourth-order valence-corrected chi connectivity index (χ4v) is 2.09. The summed E-state index contributed by atoms with van der Waals surface area (Å²) in [6, 6.07) is 2.08. The highest BCUT2D eigenvalue weighted by atomic mass is 16.2.